The Balaban J connectivity index is 2.23. The summed E-state index contributed by atoms with van der Waals surface area (Å²) in [6.07, 6.45) is -3.60. The zero-order valence-corrected chi connectivity index (χ0v) is 40.9. The van der Waals surface area contributed by atoms with Crippen LogP contribution in [0.15, 0.2) is 36.4 Å². The number of hydrogen-bond acceptors (Lipinski definition) is 6. The van der Waals surface area contributed by atoms with Crippen LogP contribution in [-0.2, 0) is 32.5 Å². The number of phenols is 3. The highest BCUT2D eigenvalue weighted by Crippen LogP contribution is 2.49. The number of benzene rings is 4. The van der Waals surface area contributed by atoms with Gasteiger partial charge in [-0.25, -0.2) is 0 Å². The summed E-state index contributed by atoms with van der Waals surface area (Å²) in [4.78, 5) is 0. The molecule has 0 bridgehead atoms. The van der Waals surface area contributed by atoms with Crippen molar-refractivity contribution in [3.05, 3.63) is 120 Å². The number of phenolic OH excluding ortho intramolecular Hbond substituents is 3. The zero-order chi connectivity index (χ0) is 46.4. The standard InChI is InChI=1S/C54H78O6/c1-28-40(43(55)31-22-34(49(4,5)6)46(58)35(23-31)50(7,8)9)29(2)42(45(57)33-26-38(53(16,17)18)48(60)39(27-33)54(19,20)21)30(3)41(28)44(56)32-24-36(51(10,11)12)47(59)37(25-32)52(13,14)15/h22-27,43-45,55-60H,1-21H3. The van der Waals surface area contributed by atoms with Crippen molar-refractivity contribution >= 4 is 0 Å². The highest BCUT2D eigenvalue weighted by atomic mass is 16.3. The Labute approximate surface area is 362 Å². The number of aliphatic hydroxyl groups excluding tert-OH is 3. The fourth-order valence-electron chi connectivity index (χ4n) is 8.88. The van der Waals surface area contributed by atoms with Gasteiger partial charge in [-0.2, -0.15) is 0 Å². The molecule has 0 saturated carbocycles. The smallest absolute Gasteiger partial charge is 0.123 e. The average Bonchev–Trinajstić information content (AvgIpc) is 3.05. The van der Waals surface area contributed by atoms with E-state index in [0.29, 0.717) is 83.5 Å². The SMILES string of the molecule is Cc1c(C(O)c2cc(C(C)(C)C)c(O)c(C(C)(C)C)c2)c(C)c(C(O)c2cc(C(C)(C)C)c(O)c(C(C)(C)C)c2)c(C)c1C(O)c1cc(C(C)(C)C)c(O)c(C(C)(C)C)c1. The van der Waals surface area contributed by atoms with E-state index in [1.54, 1.807) is 0 Å². The highest BCUT2D eigenvalue weighted by Gasteiger charge is 2.36. The van der Waals surface area contributed by atoms with Crippen LogP contribution in [0.5, 0.6) is 17.2 Å². The molecule has 6 heteroatoms. The van der Waals surface area contributed by atoms with E-state index in [-0.39, 0.29) is 17.2 Å². The molecule has 3 unspecified atom stereocenters. The lowest BCUT2D eigenvalue weighted by atomic mass is 9.74. The van der Waals surface area contributed by atoms with Crippen molar-refractivity contribution in [1.82, 2.24) is 0 Å². The maximum atomic E-state index is 12.8. The number of hydrogen-bond donors (Lipinski definition) is 6. The van der Waals surface area contributed by atoms with Gasteiger partial charge in [0.05, 0.1) is 0 Å². The van der Waals surface area contributed by atoms with E-state index >= 15 is 0 Å². The second-order valence-electron chi connectivity index (χ2n) is 23.7. The van der Waals surface area contributed by atoms with Gasteiger partial charge in [-0.3, -0.25) is 0 Å². The van der Waals surface area contributed by atoms with Crippen molar-refractivity contribution in [3.63, 3.8) is 0 Å². The molecular formula is C54H78O6. The summed E-state index contributed by atoms with van der Waals surface area (Å²) < 4.78 is 0. The van der Waals surface area contributed by atoms with E-state index < -0.39 is 50.8 Å². The Morgan fingerprint density at radius 2 is 0.433 bits per heavy atom. The number of aromatic hydroxyl groups is 3. The number of rotatable bonds is 6. The fourth-order valence-corrected chi connectivity index (χ4v) is 8.88. The lowest BCUT2D eigenvalue weighted by Gasteiger charge is -2.33. The predicted octanol–water partition coefficient (Wildman–Crippen LogP) is 12.8. The first-order valence-electron chi connectivity index (χ1n) is 21.6. The molecule has 6 N–H and O–H groups in total. The molecule has 0 aliphatic heterocycles. The molecule has 0 radical (unpaired) electrons. The maximum Gasteiger partial charge on any atom is 0.123 e. The van der Waals surface area contributed by atoms with Gasteiger partial charge >= 0.3 is 0 Å². The third kappa shape index (κ3) is 9.32. The van der Waals surface area contributed by atoms with E-state index in [9.17, 15) is 30.6 Å². The first kappa shape index (κ1) is 48.8. The minimum Gasteiger partial charge on any atom is -0.507 e. The summed E-state index contributed by atoms with van der Waals surface area (Å²) in [5.74, 6) is 0.636. The van der Waals surface area contributed by atoms with Crippen LogP contribution in [-0.4, -0.2) is 30.6 Å². The van der Waals surface area contributed by atoms with Gasteiger partial charge in [0.2, 0.25) is 0 Å². The van der Waals surface area contributed by atoms with E-state index in [1.807, 2.05) is 182 Å². The van der Waals surface area contributed by atoms with Gasteiger partial charge in [-0.15, -0.1) is 0 Å². The Hall–Kier alpha value is -3.84. The Kier molecular flexibility index (Phi) is 12.9. The lowest BCUT2D eigenvalue weighted by Crippen LogP contribution is -2.22. The third-order valence-electron chi connectivity index (χ3n) is 12.4. The summed E-state index contributed by atoms with van der Waals surface area (Å²) in [5.41, 5.74) is 7.18. The van der Waals surface area contributed by atoms with Gasteiger partial charge in [0.1, 0.15) is 35.6 Å². The minimum absolute atomic E-state index is 0.212. The topological polar surface area (TPSA) is 121 Å². The summed E-state index contributed by atoms with van der Waals surface area (Å²) in [6, 6.07) is 11.3. The number of aliphatic hydroxyl groups is 3. The second-order valence-corrected chi connectivity index (χ2v) is 23.7. The van der Waals surface area contributed by atoms with Crippen LogP contribution in [0.25, 0.3) is 0 Å². The Morgan fingerprint density at radius 1 is 0.300 bits per heavy atom. The van der Waals surface area contributed by atoms with Gasteiger partial charge < -0.3 is 30.6 Å². The Bertz CT molecular complexity index is 1880. The molecule has 0 fully saturated rings. The molecule has 0 aliphatic rings. The molecular weight excluding hydrogens is 745 g/mol. The largest absolute Gasteiger partial charge is 0.507 e. The van der Waals surface area contributed by atoms with E-state index in [2.05, 4.69) is 0 Å². The molecule has 0 amide bonds. The van der Waals surface area contributed by atoms with E-state index in [0.717, 1.165) is 0 Å². The molecule has 4 aromatic rings. The molecule has 330 valence electrons. The van der Waals surface area contributed by atoms with E-state index in [1.165, 1.54) is 0 Å². The summed E-state index contributed by atoms with van der Waals surface area (Å²) in [7, 11) is 0. The molecule has 60 heavy (non-hydrogen) atoms. The predicted molar refractivity (Wildman–Crippen MR) is 249 cm³/mol. The molecule has 0 aromatic heterocycles. The molecule has 0 heterocycles. The van der Waals surface area contributed by atoms with Crippen LogP contribution < -0.4 is 0 Å². The van der Waals surface area contributed by atoms with Crippen LogP contribution in [0.2, 0.25) is 0 Å². The van der Waals surface area contributed by atoms with Gasteiger partial charge in [0.25, 0.3) is 0 Å². The highest BCUT2D eigenvalue weighted by molar-refractivity contribution is 5.61. The van der Waals surface area contributed by atoms with Crippen LogP contribution in [0, 0.1) is 20.8 Å². The van der Waals surface area contributed by atoms with Crippen LogP contribution in [0.1, 0.15) is 226 Å². The van der Waals surface area contributed by atoms with Crippen molar-refractivity contribution < 1.29 is 30.6 Å². The summed E-state index contributed by atoms with van der Waals surface area (Å²) >= 11 is 0. The first-order chi connectivity index (χ1) is 26.8. The quantitative estimate of drug-likeness (QED) is 0.115. The monoisotopic (exact) mass is 823 g/mol. The lowest BCUT2D eigenvalue weighted by molar-refractivity contribution is 0.203. The fraction of sp³-hybridized carbons (Fsp3) is 0.556. The molecule has 0 aliphatic carbocycles. The zero-order valence-electron chi connectivity index (χ0n) is 40.9. The third-order valence-corrected chi connectivity index (χ3v) is 12.4. The molecule has 4 rings (SSSR count). The molecule has 0 saturated heterocycles. The van der Waals surface area contributed by atoms with Gasteiger partial charge in [0, 0.05) is 0 Å². The minimum atomic E-state index is -1.20. The summed E-state index contributed by atoms with van der Waals surface area (Å²) in [5, 5.41) is 73.4. The van der Waals surface area contributed by atoms with Gasteiger partial charge in [-0.05, 0) is 173 Å². The van der Waals surface area contributed by atoms with Crippen LogP contribution in [0.3, 0.4) is 0 Å². The molecule has 3 atom stereocenters. The molecule has 6 nitrogen and oxygen atoms in total. The molecule has 4 aromatic carbocycles. The van der Waals surface area contributed by atoms with Crippen molar-refractivity contribution in [2.45, 2.75) is 196 Å². The average molecular weight is 823 g/mol. The van der Waals surface area contributed by atoms with Crippen molar-refractivity contribution in [2.24, 2.45) is 0 Å². The second kappa shape index (κ2) is 15.8. The molecule has 0 spiro atoms. The van der Waals surface area contributed by atoms with Crippen molar-refractivity contribution in [3.8, 4) is 17.2 Å². The van der Waals surface area contributed by atoms with E-state index in [4.69, 9.17) is 0 Å². The maximum absolute atomic E-state index is 12.8. The van der Waals surface area contributed by atoms with Crippen LogP contribution >= 0.6 is 0 Å². The van der Waals surface area contributed by atoms with Gasteiger partial charge in [0.15, 0.2) is 0 Å². The Morgan fingerprint density at radius 3 is 0.550 bits per heavy atom. The summed E-state index contributed by atoms with van der Waals surface area (Å²) in [6.45, 7) is 42.5. The normalized spacial score (nSPS) is 15.0. The van der Waals surface area contributed by atoms with Gasteiger partial charge in [-0.1, -0.05) is 125 Å². The first-order valence-corrected chi connectivity index (χ1v) is 21.6. The van der Waals surface area contributed by atoms with Crippen LogP contribution in [0.4, 0.5) is 0 Å². The van der Waals surface area contributed by atoms with Crippen molar-refractivity contribution in [1.29, 1.82) is 0 Å². The van der Waals surface area contributed by atoms with Crippen molar-refractivity contribution in [2.75, 3.05) is 0 Å².